The molecule has 0 bridgehead atoms. The van der Waals surface area contributed by atoms with Crippen LogP contribution in [-0.4, -0.2) is 112 Å². The summed E-state index contributed by atoms with van der Waals surface area (Å²) in [6.45, 7) is 2.06. The molecule has 0 saturated carbocycles. The van der Waals surface area contributed by atoms with Crippen molar-refractivity contribution in [2.24, 2.45) is 11.5 Å². The molecule has 6 amide bonds. The van der Waals surface area contributed by atoms with Crippen LogP contribution < -0.4 is 27.4 Å². The summed E-state index contributed by atoms with van der Waals surface area (Å²) in [6.07, 6.45) is 0.625. The van der Waals surface area contributed by atoms with Gasteiger partial charge in [0.05, 0.1) is 0 Å². The van der Waals surface area contributed by atoms with Crippen molar-refractivity contribution in [1.82, 2.24) is 25.8 Å². The average molecular weight is 634 g/mol. The molecule has 6 atom stereocenters. The van der Waals surface area contributed by atoms with E-state index in [-0.39, 0.29) is 24.6 Å². The summed E-state index contributed by atoms with van der Waals surface area (Å²) < 4.78 is 0. The van der Waals surface area contributed by atoms with Gasteiger partial charge in [0.2, 0.25) is 29.5 Å². The maximum absolute atomic E-state index is 13.6. The Hall–Kier alpha value is -3.69. The number of hydrogen-bond donors (Lipinski definition) is 7. The third-order valence-electron chi connectivity index (χ3n) is 7.90. The highest BCUT2D eigenvalue weighted by molar-refractivity contribution is 7.80. The SMILES string of the molecule is C[C@H](NC(=O)[C@@H]1CCCN1C(=O)[C@@H]1CCCN1C(=O)[C@@H](O)[C@H](N)Cc1ccccc1)C(=O)NCCC(=O)N[C@@H](CS)C(N)=O. The fraction of sp³-hybridized carbons (Fsp3) is 0.586. The Kier molecular flexibility index (Phi) is 13.0. The highest BCUT2D eigenvalue weighted by Gasteiger charge is 2.44. The molecule has 2 aliphatic rings. The number of thiol groups is 1. The number of nitrogens with one attached hydrogen (secondary N) is 3. The molecule has 0 aromatic heterocycles. The largest absolute Gasteiger partial charge is 0.382 e. The predicted octanol–water partition coefficient (Wildman–Crippen LogP) is -2.19. The Morgan fingerprint density at radius 3 is 2.27 bits per heavy atom. The molecule has 0 spiro atoms. The topological polar surface area (TPSA) is 217 Å². The number of aliphatic hydroxyl groups is 1. The quantitative estimate of drug-likeness (QED) is 0.111. The van der Waals surface area contributed by atoms with E-state index in [9.17, 15) is 33.9 Å². The van der Waals surface area contributed by atoms with Gasteiger partial charge in [-0.1, -0.05) is 30.3 Å². The van der Waals surface area contributed by atoms with Gasteiger partial charge in [0.1, 0.15) is 30.3 Å². The zero-order valence-corrected chi connectivity index (χ0v) is 25.7. The highest BCUT2D eigenvalue weighted by atomic mass is 32.1. The smallest absolute Gasteiger partial charge is 0.253 e. The zero-order chi connectivity index (χ0) is 32.4. The molecule has 1 aromatic carbocycles. The van der Waals surface area contributed by atoms with Crippen LogP contribution in [0.15, 0.2) is 30.3 Å². The molecular weight excluding hydrogens is 590 g/mol. The van der Waals surface area contributed by atoms with Crippen LogP contribution in [-0.2, 0) is 35.2 Å². The number of primary amides is 1. The number of nitrogens with zero attached hydrogens (tertiary/aromatic N) is 2. The second-order valence-electron chi connectivity index (χ2n) is 11.2. The van der Waals surface area contributed by atoms with Crippen LogP contribution in [0.5, 0.6) is 0 Å². The van der Waals surface area contributed by atoms with Crippen LogP contribution in [0.2, 0.25) is 0 Å². The molecule has 2 saturated heterocycles. The molecule has 0 unspecified atom stereocenters. The minimum atomic E-state index is -1.49. The lowest BCUT2D eigenvalue weighted by atomic mass is 10.0. The van der Waals surface area contributed by atoms with Crippen molar-refractivity contribution in [1.29, 1.82) is 0 Å². The maximum atomic E-state index is 13.6. The fourth-order valence-electron chi connectivity index (χ4n) is 5.43. The van der Waals surface area contributed by atoms with Crippen LogP contribution in [0.3, 0.4) is 0 Å². The number of carbonyl (C=O) groups excluding carboxylic acids is 6. The van der Waals surface area contributed by atoms with Gasteiger partial charge in [-0.15, -0.1) is 0 Å². The lowest BCUT2D eigenvalue weighted by molar-refractivity contribution is -0.151. The monoisotopic (exact) mass is 633 g/mol. The van der Waals surface area contributed by atoms with Gasteiger partial charge >= 0.3 is 0 Å². The van der Waals surface area contributed by atoms with E-state index in [1.165, 1.54) is 16.7 Å². The first kappa shape index (κ1) is 34.8. The molecule has 1 aromatic rings. The Morgan fingerprint density at radius 1 is 1.00 bits per heavy atom. The lowest BCUT2D eigenvalue weighted by Gasteiger charge is -2.33. The number of amides is 6. The number of nitrogens with two attached hydrogens (primary N) is 2. The van der Waals surface area contributed by atoms with Gasteiger partial charge in [-0.3, -0.25) is 28.8 Å². The van der Waals surface area contributed by atoms with E-state index in [4.69, 9.17) is 11.5 Å². The summed E-state index contributed by atoms with van der Waals surface area (Å²) in [6, 6.07) is 4.89. The molecule has 14 nitrogen and oxygen atoms in total. The van der Waals surface area contributed by atoms with E-state index in [1.807, 2.05) is 30.3 Å². The number of aliphatic hydroxyl groups excluding tert-OH is 1. The van der Waals surface area contributed by atoms with E-state index in [2.05, 4.69) is 28.6 Å². The van der Waals surface area contributed by atoms with Crippen molar-refractivity contribution in [2.75, 3.05) is 25.4 Å². The summed E-state index contributed by atoms with van der Waals surface area (Å²) in [5.41, 5.74) is 12.2. The summed E-state index contributed by atoms with van der Waals surface area (Å²) in [7, 11) is 0. The Balaban J connectivity index is 1.52. The Labute approximate surface area is 262 Å². The first-order chi connectivity index (χ1) is 20.9. The summed E-state index contributed by atoms with van der Waals surface area (Å²) in [5, 5.41) is 18.3. The van der Waals surface area contributed by atoms with Crippen molar-refractivity contribution < 1.29 is 33.9 Å². The van der Waals surface area contributed by atoms with Crippen molar-refractivity contribution in [3.63, 3.8) is 0 Å². The third-order valence-corrected chi connectivity index (χ3v) is 8.26. The van der Waals surface area contributed by atoms with Crippen molar-refractivity contribution >= 4 is 48.1 Å². The van der Waals surface area contributed by atoms with E-state index >= 15 is 0 Å². The second kappa shape index (κ2) is 16.4. The van der Waals surface area contributed by atoms with Crippen LogP contribution >= 0.6 is 12.6 Å². The van der Waals surface area contributed by atoms with Gasteiger partial charge < -0.3 is 42.3 Å². The van der Waals surface area contributed by atoms with Crippen LogP contribution in [0, 0.1) is 0 Å². The molecule has 2 fully saturated rings. The lowest BCUT2D eigenvalue weighted by Crippen LogP contribution is -2.57. The number of rotatable bonds is 14. The first-order valence-corrected chi connectivity index (χ1v) is 15.4. The molecule has 15 heteroatoms. The van der Waals surface area contributed by atoms with Crippen LogP contribution in [0.25, 0.3) is 0 Å². The summed E-state index contributed by atoms with van der Waals surface area (Å²) >= 11 is 3.95. The Bertz CT molecular complexity index is 1200. The van der Waals surface area contributed by atoms with E-state index in [1.54, 1.807) is 0 Å². The van der Waals surface area contributed by atoms with Gasteiger partial charge in [-0.05, 0) is 44.6 Å². The number of carbonyl (C=O) groups is 6. The minimum absolute atomic E-state index is 0.0383. The summed E-state index contributed by atoms with van der Waals surface area (Å²) in [4.78, 5) is 78.5. The van der Waals surface area contributed by atoms with E-state index in [0.717, 1.165) is 5.56 Å². The van der Waals surface area contributed by atoms with Crippen molar-refractivity contribution in [3.05, 3.63) is 35.9 Å². The van der Waals surface area contributed by atoms with Crippen molar-refractivity contribution in [2.45, 2.75) is 81.8 Å². The van der Waals surface area contributed by atoms with Crippen molar-refractivity contribution in [3.8, 4) is 0 Å². The van der Waals surface area contributed by atoms with E-state index < -0.39 is 65.8 Å². The summed E-state index contributed by atoms with van der Waals surface area (Å²) in [5.74, 6) is -3.20. The number of hydrogen-bond acceptors (Lipinski definition) is 9. The van der Waals surface area contributed by atoms with E-state index in [0.29, 0.717) is 45.2 Å². The van der Waals surface area contributed by atoms with Gasteiger partial charge in [-0.25, -0.2) is 0 Å². The molecule has 0 aliphatic carbocycles. The second-order valence-corrected chi connectivity index (χ2v) is 11.5. The number of benzene rings is 1. The maximum Gasteiger partial charge on any atom is 0.253 e. The molecule has 0 radical (unpaired) electrons. The minimum Gasteiger partial charge on any atom is -0.382 e. The molecule has 44 heavy (non-hydrogen) atoms. The van der Waals surface area contributed by atoms with Gasteiger partial charge in [0.25, 0.3) is 5.91 Å². The van der Waals surface area contributed by atoms with Gasteiger partial charge in [0.15, 0.2) is 0 Å². The third kappa shape index (κ3) is 9.16. The highest BCUT2D eigenvalue weighted by Crippen LogP contribution is 2.26. The Morgan fingerprint density at radius 2 is 1.64 bits per heavy atom. The predicted molar refractivity (Wildman–Crippen MR) is 164 cm³/mol. The van der Waals surface area contributed by atoms with Crippen LogP contribution in [0.4, 0.5) is 0 Å². The fourth-order valence-corrected chi connectivity index (χ4v) is 5.70. The molecule has 2 heterocycles. The van der Waals surface area contributed by atoms with Crippen LogP contribution in [0.1, 0.15) is 44.6 Å². The zero-order valence-electron chi connectivity index (χ0n) is 24.8. The normalized spacial score (nSPS) is 20.7. The molecular formula is C29H43N7O7S. The van der Waals surface area contributed by atoms with Gasteiger partial charge in [0, 0.05) is 37.8 Å². The standard InChI is InChI=1S/C29H43N7O7S/c1-17(26(40)32-12-11-23(37)34-20(16-44)25(31)39)33-27(41)21-9-5-13-35(21)28(42)22-10-6-14-36(22)29(43)24(38)19(30)15-18-7-3-2-4-8-18/h2-4,7-8,17,19-22,24,38,44H,5-6,9-16,30H2,1H3,(H2,31,39)(H,32,40)(H,33,41)(H,34,37)/t17-,19+,20-,21-,22-,24-/m0/s1. The first-order valence-electron chi connectivity index (χ1n) is 14.8. The average Bonchev–Trinajstić information content (AvgIpc) is 3.70. The molecule has 242 valence electrons. The molecule has 2 aliphatic heterocycles. The number of likely N-dealkylation sites (tertiary alicyclic amines) is 2. The van der Waals surface area contributed by atoms with Gasteiger partial charge in [-0.2, -0.15) is 12.6 Å². The molecule has 3 rings (SSSR count). The molecule has 8 N–H and O–H groups in total.